The van der Waals surface area contributed by atoms with Crippen molar-refractivity contribution in [2.45, 2.75) is 37.6 Å². The molecule has 1 atom stereocenters. The average molecular weight is 437 g/mol. The number of carbonyl (C=O) groups is 1. The monoisotopic (exact) mass is 436 g/mol. The van der Waals surface area contributed by atoms with E-state index in [-0.39, 0.29) is 16.8 Å². The van der Waals surface area contributed by atoms with Gasteiger partial charge in [-0.3, -0.25) is 9.10 Å². The molecular formula is C25H28N2O3S. The number of rotatable bonds is 8. The summed E-state index contributed by atoms with van der Waals surface area (Å²) in [6.45, 7) is 3.86. The van der Waals surface area contributed by atoms with E-state index in [9.17, 15) is 13.2 Å². The molecule has 0 saturated carbocycles. The number of hydrogen-bond donors (Lipinski definition) is 1. The van der Waals surface area contributed by atoms with Gasteiger partial charge in [0.15, 0.2) is 0 Å². The zero-order valence-electron chi connectivity index (χ0n) is 18.1. The minimum absolute atomic E-state index is 0.0389. The number of sulfonamides is 1. The smallest absolute Gasteiger partial charge is 0.264 e. The molecular weight excluding hydrogens is 408 g/mol. The third-order valence-electron chi connectivity index (χ3n) is 5.21. The molecule has 0 aliphatic carbocycles. The Morgan fingerprint density at radius 2 is 1.68 bits per heavy atom. The number of aryl methyl sites for hydroxylation is 2. The van der Waals surface area contributed by atoms with Crippen molar-refractivity contribution in [1.82, 2.24) is 5.32 Å². The first-order valence-electron chi connectivity index (χ1n) is 10.3. The van der Waals surface area contributed by atoms with Gasteiger partial charge < -0.3 is 5.32 Å². The van der Waals surface area contributed by atoms with Crippen LogP contribution in [0.4, 0.5) is 5.69 Å². The predicted molar refractivity (Wildman–Crippen MR) is 125 cm³/mol. The molecule has 3 aromatic carbocycles. The summed E-state index contributed by atoms with van der Waals surface area (Å²) in [6, 6.07) is 23.5. The molecule has 0 aliphatic heterocycles. The van der Waals surface area contributed by atoms with Crippen LogP contribution in [0, 0.1) is 6.92 Å². The SMILES string of the molecule is Cc1cccc(N(C)S(=O)(=O)c2cccc(C(=O)N[C@H](C)CCc3ccccc3)c2)c1. The third kappa shape index (κ3) is 5.73. The summed E-state index contributed by atoms with van der Waals surface area (Å²) < 4.78 is 27.4. The number of nitrogens with zero attached hydrogens (tertiary/aromatic N) is 1. The first-order chi connectivity index (χ1) is 14.8. The van der Waals surface area contributed by atoms with Gasteiger partial charge in [0, 0.05) is 18.7 Å². The molecule has 0 saturated heterocycles. The van der Waals surface area contributed by atoms with Gasteiger partial charge in [-0.15, -0.1) is 0 Å². The van der Waals surface area contributed by atoms with Crippen LogP contribution < -0.4 is 9.62 Å². The van der Waals surface area contributed by atoms with Crippen LogP contribution in [0.5, 0.6) is 0 Å². The number of benzene rings is 3. The fraction of sp³-hybridized carbons (Fsp3) is 0.240. The lowest BCUT2D eigenvalue weighted by Crippen LogP contribution is -2.33. The van der Waals surface area contributed by atoms with Crippen LogP contribution in [0.15, 0.2) is 83.8 Å². The molecule has 6 heteroatoms. The second-order valence-electron chi connectivity index (χ2n) is 7.74. The van der Waals surface area contributed by atoms with Gasteiger partial charge in [-0.1, -0.05) is 48.5 Å². The van der Waals surface area contributed by atoms with E-state index in [0.29, 0.717) is 11.3 Å². The molecule has 5 nitrogen and oxygen atoms in total. The van der Waals surface area contributed by atoms with E-state index in [1.165, 1.54) is 29.0 Å². The third-order valence-corrected chi connectivity index (χ3v) is 6.99. The summed E-state index contributed by atoms with van der Waals surface area (Å²) in [6.07, 6.45) is 1.65. The Morgan fingerprint density at radius 3 is 2.39 bits per heavy atom. The summed E-state index contributed by atoms with van der Waals surface area (Å²) in [4.78, 5) is 12.8. The maximum atomic E-state index is 13.1. The molecule has 3 rings (SSSR count). The molecule has 162 valence electrons. The highest BCUT2D eigenvalue weighted by molar-refractivity contribution is 7.92. The first kappa shape index (κ1) is 22.6. The number of amides is 1. The van der Waals surface area contributed by atoms with Crippen LogP contribution in [-0.4, -0.2) is 27.4 Å². The first-order valence-corrected chi connectivity index (χ1v) is 11.7. The second-order valence-corrected chi connectivity index (χ2v) is 9.71. The van der Waals surface area contributed by atoms with Gasteiger partial charge in [-0.05, 0) is 68.1 Å². The maximum absolute atomic E-state index is 13.1. The molecule has 1 N–H and O–H groups in total. The summed E-state index contributed by atoms with van der Waals surface area (Å²) in [5, 5.41) is 2.97. The lowest BCUT2D eigenvalue weighted by atomic mass is 10.1. The second kappa shape index (κ2) is 9.79. The highest BCUT2D eigenvalue weighted by Crippen LogP contribution is 2.23. The summed E-state index contributed by atoms with van der Waals surface area (Å²) >= 11 is 0. The highest BCUT2D eigenvalue weighted by atomic mass is 32.2. The van der Waals surface area contributed by atoms with E-state index in [1.54, 1.807) is 18.2 Å². The highest BCUT2D eigenvalue weighted by Gasteiger charge is 2.23. The summed E-state index contributed by atoms with van der Waals surface area (Å²) in [5.41, 5.74) is 3.09. The van der Waals surface area contributed by atoms with E-state index in [0.717, 1.165) is 18.4 Å². The number of anilines is 1. The Kier molecular flexibility index (Phi) is 7.13. The molecule has 31 heavy (non-hydrogen) atoms. The Morgan fingerprint density at radius 1 is 0.968 bits per heavy atom. The van der Waals surface area contributed by atoms with Gasteiger partial charge in [0.25, 0.3) is 15.9 Å². The standard InChI is InChI=1S/C25H28N2O3S/c1-19-9-7-13-23(17-19)27(3)31(29,30)24-14-8-12-22(18-24)25(28)26-20(2)15-16-21-10-5-4-6-11-21/h4-14,17-18,20H,15-16H2,1-3H3,(H,26,28)/t20-/m1/s1. The van der Waals surface area contributed by atoms with Crippen LogP contribution in [-0.2, 0) is 16.4 Å². The fourth-order valence-electron chi connectivity index (χ4n) is 3.33. The zero-order chi connectivity index (χ0) is 22.4. The maximum Gasteiger partial charge on any atom is 0.264 e. The van der Waals surface area contributed by atoms with Gasteiger partial charge in [-0.2, -0.15) is 0 Å². The van der Waals surface area contributed by atoms with Gasteiger partial charge in [-0.25, -0.2) is 8.42 Å². The van der Waals surface area contributed by atoms with Crippen molar-refractivity contribution >= 4 is 21.6 Å². The zero-order valence-corrected chi connectivity index (χ0v) is 18.9. The predicted octanol–water partition coefficient (Wildman–Crippen LogP) is 4.57. The molecule has 0 radical (unpaired) electrons. The molecule has 0 heterocycles. The van der Waals surface area contributed by atoms with E-state index in [4.69, 9.17) is 0 Å². The molecule has 0 fully saturated rings. The molecule has 1 amide bonds. The van der Waals surface area contributed by atoms with Gasteiger partial charge in [0.05, 0.1) is 10.6 Å². The van der Waals surface area contributed by atoms with Gasteiger partial charge in [0.1, 0.15) is 0 Å². The molecule has 0 bridgehead atoms. The Balaban J connectivity index is 1.70. The van der Waals surface area contributed by atoms with E-state index in [2.05, 4.69) is 17.4 Å². The lowest BCUT2D eigenvalue weighted by Gasteiger charge is -2.20. The van der Waals surface area contributed by atoms with Crippen molar-refractivity contribution < 1.29 is 13.2 Å². The van der Waals surface area contributed by atoms with Gasteiger partial charge in [0.2, 0.25) is 0 Å². The lowest BCUT2D eigenvalue weighted by molar-refractivity contribution is 0.0938. The minimum Gasteiger partial charge on any atom is -0.350 e. The van der Waals surface area contributed by atoms with Crippen LogP contribution >= 0.6 is 0 Å². The Labute approximate surface area is 184 Å². The normalized spacial score (nSPS) is 12.2. The summed E-state index contributed by atoms with van der Waals surface area (Å²) in [5.74, 6) is -0.282. The average Bonchev–Trinajstić information content (AvgIpc) is 2.78. The number of carbonyl (C=O) groups excluding carboxylic acids is 1. The van der Waals surface area contributed by atoms with Crippen molar-refractivity contribution in [3.63, 3.8) is 0 Å². The van der Waals surface area contributed by atoms with Gasteiger partial charge >= 0.3 is 0 Å². The van der Waals surface area contributed by atoms with Crippen molar-refractivity contribution in [2.24, 2.45) is 0 Å². The van der Waals surface area contributed by atoms with E-state index >= 15 is 0 Å². The molecule has 0 aromatic heterocycles. The largest absolute Gasteiger partial charge is 0.350 e. The van der Waals surface area contributed by atoms with E-state index in [1.807, 2.05) is 50.2 Å². The Hall–Kier alpha value is -3.12. The van der Waals surface area contributed by atoms with Crippen LogP contribution in [0.1, 0.15) is 34.8 Å². The quantitative estimate of drug-likeness (QED) is 0.562. The Bertz CT molecular complexity index is 1140. The van der Waals surface area contributed by atoms with E-state index < -0.39 is 10.0 Å². The van der Waals surface area contributed by atoms with Crippen LogP contribution in [0.25, 0.3) is 0 Å². The summed E-state index contributed by atoms with van der Waals surface area (Å²) in [7, 11) is -2.27. The van der Waals surface area contributed by atoms with Crippen LogP contribution in [0.2, 0.25) is 0 Å². The van der Waals surface area contributed by atoms with Crippen molar-refractivity contribution in [2.75, 3.05) is 11.4 Å². The van der Waals surface area contributed by atoms with Crippen molar-refractivity contribution in [1.29, 1.82) is 0 Å². The number of nitrogens with one attached hydrogen (secondary N) is 1. The number of hydrogen-bond acceptors (Lipinski definition) is 3. The minimum atomic E-state index is -3.79. The molecule has 0 aliphatic rings. The fourth-order valence-corrected chi connectivity index (χ4v) is 4.56. The van der Waals surface area contributed by atoms with Crippen molar-refractivity contribution in [3.8, 4) is 0 Å². The molecule has 3 aromatic rings. The topological polar surface area (TPSA) is 66.5 Å². The van der Waals surface area contributed by atoms with Crippen molar-refractivity contribution in [3.05, 3.63) is 95.6 Å². The molecule has 0 unspecified atom stereocenters. The molecule has 0 spiro atoms. The van der Waals surface area contributed by atoms with Crippen LogP contribution in [0.3, 0.4) is 0 Å².